The van der Waals surface area contributed by atoms with Crippen molar-refractivity contribution in [1.29, 1.82) is 0 Å². The average Bonchev–Trinajstić information content (AvgIpc) is 2.47. The van der Waals surface area contributed by atoms with E-state index in [1.165, 1.54) is 0 Å². The number of benzene rings is 1. The van der Waals surface area contributed by atoms with E-state index in [1.54, 1.807) is 0 Å². The summed E-state index contributed by atoms with van der Waals surface area (Å²) in [5.74, 6) is 0.814. The zero-order valence-corrected chi connectivity index (χ0v) is 15.4. The van der Waals surface area contributed by atoms with Crippen LogP contribution in [0.2, 0.25) is 0 Å². The summed E-state index contributed by atoms with van der Waals surface area (Å²) in [6.07, 6.45) is -0.0578. The molecular formula is C17H26BrNO4. The van der Waals surface area contributed by atoms with Crippen molar-refractivity contribution < 1.29 is 19.3 Å². The first-order valence-corrected chi connectivity index (χ1v) is 8.84. The van der Waals surface area contributed by atoms with Gasteiger partial charge in [-0.05, 0) is 38.1 Å². The lowest BCUT2D eigenvalue weighted by atomic mass is 10.2. The number of halogens is 1. The van der Waals surface area contributed by atoms with E-state index in [-0.39, 0.29) is 12.2 Å². The number of morpholine rings is 1. The van der Waals surface area contributed by atoms with Crippen molar-refractivity contribution in [1.82, 2.24) is 4.90 Å². The molecule has 1 aliphatic heterocycles. The summed E-state index contributed by atoms with van der Waals surface area (Å²) in [4.78, 5) is 2.23. The van der Waals surface area contributed by atoms with Crippen molar-refractivity contribution >= 4 is 15.9 Å². The molecular weight excluding hydrogens is 362 g/mol. The van der Waals surface area contributed by atoms with E-state index in [2.05, 4.69) is 34.7 Å². The van der Waals surface area contributed by atoms with Gasteiger partial charge in [0.1, 0.15) is 12.4 Å². The van der Waals surface area contributed by atoms with Gasteiger partial charge in [-0.2, -0.15) is 0 Å². The van der Waals surface area contributed by atoms with Crippen LogP contribution in [0.1, 0.15) is 13.8 Å². The fourth-order valence-electron chi connectivity index (χ4n) is 2.75. The second kappa shape index (κ2) is 9.59. The van der Waals surface area contributed by atoms with Gasteiger partial charge in [0, 0.05) is 24.1 Å². The summed E-state index contributed by atoms with van der Waals surface area (Å²) in [5, 5.41) is 10.1. The molecule has 0 bridgehead atoms. The van der Waals surface area contributed by atoms with E-state index in [9.17, 15) is 5.11 Å². The lowest BCUT2D eigenvalue weighted by Crippen LogP contribution is -2.48. The zero-order chi connectivity index (χ0) is 16.7. The van der Waals surface area contributed by atoms with Gasteiger partial charge in [-0.15, -0.1) is 0 Å². The van der Waals surface area contributed by atoms with Crippen molar-refractivity contribution in [3.05, 3.63) is 28.7 Å². The Morgan fingerprint density at radius 3 is 2.52 bits per heavy atom. The lowest BCUT2D eigenvalue weighted by molar-refractivity contribution is -0.0824. The Balaban J connectivity index is 1.56. The van der Waals surface area contributed by atoms with Crippen LogP contribution < -0.4 is 4.74 Å². The van der Waals surface area contributed by atoms with Crippen LogP contribution in [-0.4, -0.2) is 67.8 Å². The molecule has 6 heteroatoms. The van der Waals surface area contributed by atoms with Gasteiger partial charge in [0.25, 0.3) is 0 Å². The fourth-order valence-corrected chi connectivity index (χ4v) is 3.02. The summed E-state index contributed by atoms with van der Waals surface area (Å²) in [6, 6.07) is 7.67. The molecule has 1 aromatic carbocycles. The normalized spacial score (nSPS) is 23.7. The highest BCUT2D eigenvalue weighted by Gasteiger charge is 2.23. The number of β-amino-alcohol motifs (C(OH)–C–C–N with tert-alkyl or cyclic N) is 1. The Morgan fingerprint density at radius 1 is 1.22 bits per heavy atom. The second-order valence-corrected chi connectivity index (χ2v) is 6.92. The van der Waals surface area contributed by atoms with Crippen LogP contribution in [0.5, 0.6) is 5.75 Å². The monoisotopic (exact) mass is 387 g/mol. The van der Waals surface area contributed by atoms with Crippen molar-refractivity contribution in [3.63, 3.8) is 0 Å². The number of hydrogen-bond donors (Lipinski definition) is 1. The molecule has 130 valence electrons. The fraction of sp³-hybridized carbons (Fsp3) is 0.647. The lowest BCUT2D eigenvalue weighted by Gasteiger charge is -2.36. The van der Waals surface area contributed by atoms with Gasteiger partial charge in [0.05, 0.1) is 31.5 Å². The third kappa shape index (κ3) is 7.18. The van der Waals surface area contributed by atoms with Crippen LogP contribution in [0.25, 0.3) is 0 Å². The zero-order valence-electron chi connectivity index (χ0n) is 13.8. The number of rotatable bonds is 8. The maximum Gasteiger partial charge on any atom is 0.119 e. The number of hydrogen-bond acceptors (Lipinski definition) is 5. The Bertz CT molecular complexity index is 446. The molecule has 1 N–H and O–H groups in total. The van der Waals surface area contributed by atoms with Crippen molar-refractivity contribution in [2.75, 3.05) is 39.5 Å². The largest absolute Gasteiger partial charge is 0.491 e. The van der Waals surface area contributed by atoms with Gasteiger partial charge in [0.2, 0.25) is 0 Å². The van der Waals surface area contributed by atoms with Gasteiger partial charge in [-0.25, -0.2) is 0 Å². The number of nitrogens with zero attached hydrogens (tertiary/aromatic N) is 1. The van der Waals surface area contributed by atoms with Crippen molar-refractivity contribution in [2.45, 2.75) is 32.2 Å². The molecule has 0 amide bonds. The molecule has 0 aromatic heterocycles. The highest BCUT2D eigenvalue weighted by atomic mass is 79.9. The highest BCUT2D eigenvalue weighted by Crippen LogP contribution is 2.16. The predicted octanol–water partition coefficient (Wildman–Crippen LogP) is 2.31. The first kappa shape index (κ1) is 18.7. The molecule has 0 aliphatic carbocycles. The minimum absolute atomic E-state index is 0.214. The van der Waals surface area contributed by atoms with E-state index in [0.717, 1.165) is 23.3 Å². The standard InChI is InChI=1S/C17H26BrNO4/c1-13-9-19(10-14(2)23-13)11-16(20)12-21-7-8-22-17-5-3-15(18)4-6-17/h3-6,13-14,16,20H,7-12H2,1-2H3/t13-,14-,16+/m1/s1. The molecule has 0 unspecified atom stereocenters. The minimum Gasteiger partial charge on any atom is -0.491 e. The quantitative estimate of drug-likeness (QED) is 0.693. The molecule has 1 saturated heterocycles. The van der Waals surface area contributed by atoms with E-state index >= 15 is 0 Å². The molecule has 2 rings (SSSR count). The number of ether oxygens (including phenoxy) is 3. The Kier molecular flexibility index (Phi) is 7.79. The first-order chi connectivity index (χ1) is 11.0. The maximum absolute atomic E-state index is 10.1. The van der Waals surface area contributed by atoms with E-state index in [1.807, 2.05) is 24.3 Å². The van der Waals surface area contributed by atoms with Gasteiger partial charge >= 0.3 is 0 Å². The summed E-state index contributed by atoms with van der Waals surface area (Å²) in [6.45, 7) is 7.70. The third-order valence-electron chi connectivity index (χ3n) is 3.58. The summed E-state index contributed by atoms with van der Waals surface area (Å²) >= 11 is 3.38. The summed E-state index contributed by atoms with van der Waals surface area (Å²) in [5.41, 5.74) is 0. The second-order valence-electron chi connectivity index (χ2n) is 6.01. The van der Waals surface area contributed by atoms with E-state index in [4.69, 9.17) is 14.2 Å². The van der Waals surface area contributed by atoms with Crippen LogP contribution in [0.15, 0.2) is 28.7 Å². The van der Waals surface area contributed by atoms with Crippen LogP contribution >= 0.6 is 15.9 Å². The van der Waals surface area contributed by atoms with Crippen LogP contribution in [0, 0.1) is 0 Å². The molecule has 23 heavy (non-hydrogen) atoms. The molecule has 1 aliphatic rings. The first-order valence-electron chi connectivity index (χ1n) is 8.05. The average molecular weight is 388 g/mol. The topological polar surface area (TPSA) is 51.2 Å². The van der Waals surface area contributed by atoms with Crippen molar-refractivity contribution in [2.24, 2.45) is 0 Å². The Hall–Kier alpha value is -0.660. The van der Waals surface area contributed by atoms with Gasteiger partial charge in [-0.1, -0.05) is 15.9 Å². The Morgan fingerprint density at radius 2 is 1.87 bits per heavy atom. The van der Waals surface area contributed by atoms with Crippen LogP contribution in [-0.2, 0) is 9.47 Å². The van der Waals surface area contributed by atoms with E-state index in [0.29, 0.717) is 26.4 Å². The highest BCUT2D eigenvalue weighted by molar-refractivity contribution is 9.10. The molecule has 3 atom stereocenters. The summed E-state index contributed by atoms with van der Waals surface area (Å²) < 4.78 is 17.8. The molecule has 1 aromatic rings. The van der Waals surface area contributed by atoms with Crippen LogP contribution in [0.4, 0.5) is 0 Å². The molecule has 5 nitrogen and oxygen atoms in total. The smallest absolute Gasteiger partial charge is 0.119 e. The van der Waals surface area contributed by atoms with E-state index < -0.39 is 6.10 Å². The molecule has 1 fully saturated rings. The van der Waals surface area contributed by atoms with Gasteiger partial charge in [0.15, 0.2) is 0 Å². The van der Waals surface area contributed by atoms with Crippen molar-refractivity contribution in [3.8, 4) is 5.75 Å². The Labute approximate surface area is 146 Å². The minimum atomic E-state index is -0.486. The number of aliphatic hydroxyl groups excluding tert-OH is 1. The molecule has 0 spiro atoms. The van der Waals surface area contributed by atoms with Crippen LogP contribution in [0.3, 0.4) is 0 Å². The van der Waals surface area contributed by atoms with Gasteiger partial charge in [-0.3, -0.25) is 4.90 Å². The molecule has 0 saturated carbocycles. The predicted molar refractivity (Wildman–Crippen MR) is 92.9 cm³/mol. The molecule has 1 heterocycles. The summed E-state index contributed by atoms with van der Waals surface area (Å²) in [7, 11) is 0. The maximum atomic E-state index is 10.1. The SMILES string of the molecule is C[C@@H]1CN(C[C@H](O)COCCOc2ccc(Br)cc2)C[C@@H](C)O1. The number of aliphatic hydroxyl groups is 1. The molecule has 0 radical (unpaired) electrons. The van der Waals surface area contributed by atoms with Gasteiger partial charge < -0.3 is 19.3 Å². The third-order valence-corrected chi connectivity index (χ3v) is 4.11.